The Morgan fingerprint density at radius 2 is 1.92 bits per heavy atom. The zero-order valence-electron chi connectivity index (χ0n) is 8.60. The van der Waals surface area contributed by atoms with Crippen molar-refractivity contribution >= 4 is 5.97 Å². The van der Waals surface area contributed by atoms with Crippen LogP contribution in [0.3, 0.4) is 0 Å². The Morgan fingerprint density at radius 3 is 2.25 bits per heavy atom. The molecule has 0 unspecified atom stereocenters. The third kappa shape index (κ3) is 4.94. The van der Waals surface area contributed by atoms with Crippen molar-refractivity contribution in [1.82, 2.24) is 0 Å². The number of ether oxygens (including phenoxy) is 1. The highest BCUT2D eigenvalue weighted by Gasteiger charge is 2.13. The second kappa shape index (κ2) is 4.29. The molecule has 2 nitrogen and oxygen atoms in total. The van der Waals surface area contributed by atoms with E-state index in [1.54, 1.807) is 13.0 Å². The molecule has 0 fully saturated rings. The van der Waals surface area contributed by atoms with Crippen LogP contribution >= 0.6 is 0 Å². The summed E-state index contributed by atoms with van der Waals surface area (Å²) >= 11 is 0. The van der Waals surface area contributed by atoms with Gasteiger partial charge in [0.05, 0.1) is 6.61 Å². The molecule has 0 heterocycles. The number of hydrogen-bond acceptors (Lipinski definition) is 2. The SMILES string of the molecule is C/C=C(\C)C(=O)OCC(C)(C)C. The van der Waals surface area contributed by atoms with E-state index in [-0.39, 0.29) is 11.4 Å². The fourth-order valence-corrected chi connectivity index (χ4v) is 0.514. The van der Waals surface area contributed by atoms with Crippen LogP contribution in [0.4, 0.5) is 0 Å². The molecular formula is C10H18O2. The van der Waals surface area contributed by atoms with E-state index >= 15 is 0 Å². The average molecular weight is 170 g/mol. The van der Waals surface area contributed by atoms with E-state index in [2.05, 4.69) is 0 Å². The molecule has 0 N–H and O–H groups in total. The molecule has 12 heavy (non-hydrogen) atoms. The summed E-state index contributed by atoms with van der Waals surface area (Å²) in [7, 11) is 0. The van der Waals surface area contributed by atoms with Crippen LogP contribution in [-0.2, 0) is 9.53 Å². The monoisotopic (exact) mass is 170 g/mol. The van der Waals surface area contributed by atoms with Crippen molar-refractivity contribution in [3.63, 3.8) is 0 Å². The van der Waals surface area contributed by atoms with E-state index in [9.17, 15) is 4.79 Å². The molecule has 0 saturated heterocycles. The summed E-state index contributed by atoms with van der Waals surface area (Å²) in [6, 6.07) is 0. The minimum absolute atomic E-state index is 0.0453. The van der Waals surface area contributed by atoms with Gasteiger partial charge in [0.15, 0.2) is 0 Å². The maximum absolute atomic E-state index is 11.1. The van der Waals surface area contributed by atoms with Gasteiger partial charge in [-0.1, -0.05) is 26.8 Å². The smallest absolute Gasteiger partial charge is 0.333 e. The summed E-state index contributed by atoms with van der Waals surface area (Å²) in [6.07, 6.45) is 1.75. The van der Waals surface area contributed by atoms with Crippen molar-refractivity contribution in [3.05, 3.63) is 11.6 Å². The normalized spacial score (nSPS) is 12.9. The van der Waals surface area contributed by atoms with Crippen LogP contribution in [0, 0.1) is 5.41 Å². The summed E-state index contributed by atoms with van der Waals surface area (Å²) in [5.41, 5.74) is 0.711. The molecule has 0 aromatic rings. The second-order valence-electron chi connectivity index (χ2n) is 4.11. The van der Waals surface area contributed by atoms with E-state index in [0.29, 0.717) is 12.2 Å². The van der Waals surface area contributed by atoms with Gasteiger partial charge in [-0.25, -0.2) is 4.79 Å². The van der Waals surface area contributed by atoms with Gasteiger partial charge < -0.3 is 4.74 Å². The van der Waals surface area contributed by atoms with Crippen LogP contribution < -0.4 is 0 Å². The lowest BCUT2D eigenvalue weighted by Crippen LogP contribution is -2.18. The van der Waals surface area contributed by atoms with E-state index in [1.165, 1.54) is 0 Å². The quantitative estimate of drug-likeness (QED) is 0.470. The van der Waals surface area contributed by atoms with Crippen LogP contribution in [0.15, 0.2) is 11.6 Å². The Bertz CT molecular complexity index is 185. The fraction of sp³-hybridized carbons (Fsp3) is 0.700. The first kappa shape index (κ1) is 11.2. The maximum atomic E-state index is 11.1. The molecule has 2 heteroatoms. The highest BCUT2D eigenvalue weighted by Crippen LogP contribution is 2.13. The van der Waals surface area contributed by atoms with Gasteiger partial charge in [0.2, 0.25) is 0 Å². The highest BCUT2D eigenvalue weighted by atomic mass is 16.5. The van der Waals surface area contributed by atoms with Crippen LogP contribution in [-0.4, -0.2) is 12.6 Å². The van der Waals surface area contributed by atoms with Crippen molar-refractivity contribution < 1.29 is 9.53 Å². The highest BCUT2D eigenvalue weighted by molar-refractivity contribution is 5.87. The predicted octanol–water partition coefficient (Wildman–Crippen LogP) is 2.54. The number of carbonyl (C=O) groups excluding carboxylic acids is 1. The maximum Gasteiger partial charge on any atom is 0.333 e. The Morgan fingerprint density at radius 1 is 1.42 bits per heavy atom. The number of allylic oxidation sites excluding steroid dienone is 1. The van der Waals surface area contributed by atoms with Gasteiger partial charge in [0.1, 0.15) is 0 Å². The first-order valence-corrected chi connectivity index (χ1v) is 4.17. The third-order valence-electron chi connectivity index (χ3n) is 1.39. The van der Waals surface area contributed by atoms with Gasteiger partial charge >= 0.3 is 5.97 Å². The van der Waals surface area contributed by atoms with E-state index in [1.807, 2.05) is 27.7 Å². The van der Waals surface area contributed by atoms with Gasteiger partial charge in [-0.05, 0) is 19.3 Å². The summed E-state index contributed by atoms with van der Waals surface area (Å²) in [5, 5.41) is 0. The van der Waals surface area contributed by atoms with Gasteiger partial charge in [0, 0.05) is 5.57 Å². The Labute approximate surface area is 74.6 Å². The van der Waals surface area contributed by atoms with Gasteiger partial charge in [-0.15, -0.1) is 0 Å². The number of rotatable bonds is 2. The predicted molar refractivity (Wildman–Crippen MR) is 49.8 cm³/mol. The fourth-order valence-electron chi connectivity index (χ4n) is 0.514. The van der Waals surface area contributed by atoms with Gasteiger partial charge in [0.25, 0.3) is 0 Å². The Balaban J connectivity index is 3.89. The molecule has 0 aliphatic heterocycles. The van der Waals surface area contributed by atoms with Gasteiger partial charge in [-0.3, -0.25) is 0 Å². The van der Waals surface area contributed by atoms with Crippen LogP contribution in [0.5, 0.6) is 0 Å². The summed E-state index contributed by atoms with van der Waals surface area (Å²) in [4.78, 5) is 11.1. The third-order valence-corrected chi connectivity index (χ3v) is 1.39. The zero-order chi connectivity index (χ0) is 9.78. The molecule has 0 aliphatic rings. The molecule has 0 aromatic heterocycles. The van der Waals surface area contributed by atoms with E-state index in [0.717, 1.165) is 0 Å². The van der Waals surface area contributed by atoms with Gasteiger partial charge in [-0.2, -0.15) is 0 Å². The van der Waals surface area contributed by atoms with E-state index in [4.69, 9.17) is 4.74 Å². The summed E-state index contributed by atoms with van der Waals surface area (Å²) in [6.45, 7) is 10.2. The molecule has 0 spiro atoms. The van der Waals surface area contributed by atoms with E-state index < -0.39 is 0 Å². The van der Waals surface area contributed by atoms with Crippen molar-refractivity contribution in [2.24, 2.45) is 5.41 Å². The van der Waals surface area contributed by atoms with Crippen molar-refractivity contribution in [1.29, 1.82) is 0 Å². The Hall–Kier alpha value is -0.790. The minimum Gasteiger partial charge on any atom is -0.462 e. The lowest BCUT2D eigenvalue weighted by Gasteiger charge is -2.17. The van der Waals surface area contributed by atoms with Crippen molar-refractivity contribution in [2.45, 2.75) is 34.6 Å². The topological polar surface area (TPSA) is 26.3 Å². The molecule has 0 amide bonds. The summed E-state index contributed by atoms with van der Waals surface area (Å²) in [5.74, 6) is -0.215. The Kier molecular flexibility index (Phi) is 4.01. The second-order valence-corrected chi connectivity index (χ2v) is 4.11. The molecule has 0 aliphatic carbocycles. The van der Waals surface area contributed by atoms with Crippen molar-refractivity contribution in [2.75, 3.05) is 6.61 Å². The number of esters is 1. The van der Waals surface area contributed by atoms with Crippen LogP contribution in [0.25, 0.3) is 0 Å². The van der Waals surface area contributed by atoms with Crippen LogP contribution in [0.2, 0.25) is 0 Å². The average Bonchev–Trinajstić information content (AvgIpc) is 1.97. The standard InChI is InChI=1S/C10H18O2/c1-6-8(2)9(11)12-7-10(3,4)5/h6H,7H2,1-5H3/b8-6+. The largest absolute Gasteiger partial charge is 0.462 e. The molecule has 0 saturated carbocycles. The molecule has 0 radical (unpaired) electrons. The minimum atomic E-state index is -0.215. The molecule has 0 atom stereocenters. The number of hydrogen-bond donors (Lipinski definition) is 0. The first-order valence-electron chi connectivity index (χ1n) is 4.17. The lowest BCUT2D eigenvalue weighted by atomic mass is 9.99. The zero-order valence-corrected chi connectivity index (χ0v) is 8.60. The first-order chi connectivity index (χ1) is 5.37. The number of carbonyl (C=O) groups is 1. The summed E-state index contributed by atoms with van der Waals surface area (Å²) < 4.78 is 5.05. The lowest BCUT2D eigenvalue weighted by molar-refractivity contribution is -0.141. The molecule has 0 bridgehead atoms. The molecule has 0 rings (SSSR count). The van der Waals surface area contributed by atoms with Crippen LogP contribution in [0.1, 0.15) is 34.6 Å². The molecular weight excluding hydrogens is 152 g/mol. The molecule has 0 aromatic carbocycles. The molecule has 70 valence electrons. The van der Waals surface area contributed by atoms with Crippen molar-refractivity contribution in [3.8, 4) is 0 Å².